The molecule has 0 radical (unpaired) electrons. The zero-order chi connectivity index (χ0) is 29.3. The van der Waals surface area contributed by atoms with E-state index in [9.17, 15) is 18.0 Å². The summed E-state index contributed by atoms with van der Waals surface area (Å²) in [5.41, 5.74) is 0.887. The number of ether oxygens (including phenoxy) is 1. The van der Waals surface area contributed by atoms with Crippen LogP contribution in [0.3, 0.4) is 0 Å². The molecule has 1 atom stereocenters. The van der Waals surface area contributed by atoms with Crippen LogP contribution in [0, 0.1) is 0 Å². The Labute approximate surface area is 249 Å². The lowest BCUT2D eigenvalue weighted by Gasteiger charge is -2.32. The van der Waals surface area contributed by atoms with Crippen LogP contribution in [0.25, 0.3) is 0 Å². The molecular weight excluding hydrogens is 618 g/mol. The number of nitrogens with one attached hydrogen (secondary N) is 1. The number of amides is 2. The number of halogens is 2. The Bertz CT molecular complexity index is 1400. The van der Waals surface area contributed by atoms with Crippen LogP contribution >= 0.6 is 27.5 Å². The van der Waals surface area contributed by atoms with Crippen LogP contribution in [-0.2, 0) is 26.2 Å². The molecule has 0 aliphatic heterocycles. The lowest BCUT2D eigenvalue weighted by molar-refractivity contribution is -0.139. The molecule has 3 rings (SSSR count). The molecule has 1 unspecified atom stereocenters. The third kappa shape index (κ3) is 7.99. The summed E-state index contributed by atoms with van der Waals surface area (Å²) in [5, 5.41) is 3.14. The first kappa shape index (κ1) is 31.4. The Hall–Kier alpha value is -3.08. The molecule has 8 nitrogen and oxygen atoms in total. The first-order valence-corrected chi connectivity index (χ1v) is 15.4. The number of methoxy groups -OCH3 is 1. The van der Waals surface area contributed by atoms with Gasteiger partial charge in [-0.25, -0.2) is 8.42 Å². The van der Waals surface area contributed by atoms with Gasteiger partial charge in [-0.05, 0) is 61.4 Å². The first-order valence-electron chi connectivity index (χ1n) is 12.8. The predicted molar refractivity (Wildman–Crippen MR) is 161 cm³/mol. The van der Waals surface area contributed by atoms with Crippen molar-refractivity contribution in [3.8, 4) is 5.75 Å². The number of benzene rings is 3. The molecule has 214 valence electrons. The summed E-state index contributed by atoms with van der Waals surface area (Å²) in [6, 6.07) is 18.8. The molecule has 0 bridgehead atoms. The maximum Gasteiger partial charge on any atom is 0.264 e. The summed E-state index contributed by atoms with van der Waals surface area (Å²) in [4.78, 5) is 28.4. The highest BCUT2D eigenvalue weighted by Crippen LogP contribution is 2.35. The number of nitrogens with zero attached hydrogens (tertiary/aromatic N) is 2. The predicted octanol–water partition coefficient (Wildman–Crippen LogP) is 5.64. The number of hydrogen-bond donors (Lipinski definition) is 1. The van der Waals surface area contributed by atoms with E-state index in [2.05, 4.69) is 21.2 Å². The van der Waals surface area contributed by atoms with Crippen LogP contribution in [-0.4, -0.2) is 51.4 Å². The van der Waals surface area contributed by atoms with Crippen molar-refractivity contribution in [2.45, 2.75) is 44.2 Å². The average molecular weight is 651 g/mol. The number of sulfonamides is 1. The molecule has 1 N–H and O–H groups in total. The minimum absolute atomic E-state index is 0.00496. The molecule has 11 heteroatoms. The van der Waals surface area contributed by atoms with Gasteiger partial charge in [0.15, 0.2) is 0 Å². The van der Waals surface area contributed by atoms with Gasteiger partial charge < -0.3 is 15.0 Å². The van der Waals surface area contributed by atoms with Crippen LogP contribution in [0.4, 0.5) is 5.69 Å². The van der Waals surface area contributed by atoms with E-state index in [4.69, 9.17) is 16.3 Å². The summed E-state index contributed by atoms with van der Waals surface area (Å²) < 4.78 is 35.1. The minimum Gasteiger partial charge on any atom is -0.495 e. The van der Waals surface area contributed by atoms with Gasteiger partial charge in [0.05, 0.1) is 17.7 Å². The topological polar surface area (TPSA) is 96.0 Å². The molecule has 0 saturated carbocycles. The van der Waals surface area contributed by atoms with Gasteiger partial charge in [-0.2, -0.15) is 0 Å². The fraction of sp³-hybridized carbons (Fsp3) is 0.310. The van der Waals surface area contributed by atoms with Crippen molar-refractivity contribution < 1.29 is 22.7 Å². The van der Waals surface area contributed by atoms with Crippen molar-refractivity contribution in [1.29, 1.82) is 0 Å². The van der Waals surface area contributed by atoms with E-state index in [0.717, 1.165) is 27.2 Å². The summed E-state index contributed by atoms with van der Waals surface area (Å²) in [7, 11) is -2.83. The van der Waals surface area contributed by atoms with Gasteiger partial charge in [0.2, 0.25) is 11.8 Å². The van der Waals surface area contributed by atoms with Gasteiger partial charge in [0, 0.05) is 22.6 Å². The zero-order valence-corrected chi connectivity index (χ0v) is 25.8. The zero-order valence-electron chi connectivity index (χ0n) is 22.6. The Morgan fingerprint density at radius 2 is 1.73 bits per heavy atom. The summed E-state index contributed by atoms with van der Waals surface area (Å²) >= 11 is 9.67. The summed E-state index contributed by atoms with van der Waals surface area (Å²) in [6.45, 7) is 3.64. The molecular formula is C29H33BrClN3O5S. The normalized spacial score (nSPS) is 11.9. The largest absolute Gasteiger partial charge is 0.495 e. The number of rotatable bonds is 13. The second kappa shape index (κ2) is 14.5. The SMILES string of the molecule is CCCCNC(=O)C(C)N(Cc1ccc(Br)cc1)C(=O)CN(c1cc(Cl)ccc1OC)S(=O)(=O)c1ccccc1. The van der Waals surface area contributed by atoms with E-state index >= 15 is 0 Å². The maximum atomic E-state index is 14.0. The highest BCUT2D eigenvalue weighted by atomic mass is 79.9. The number of carbonyl (C=O) groups excluding carboxylic acids is 2. The van der Waals surface area contributed by atoms with Crippen molar-refractivity contribution in [2.75, 3.05) is 24.5 Å². The van der Waals surface area contributed by atoms with Crippen LogP contribution in [0.15, 0.2) is 82.2 Å². The Morgan fingerprint density at radius 1 is 1.05 bits per heavy atom. The third-order valence-electron chi connectivity index (χ3n) is 6.28. The van der Waals surface area contributed by atoms with E-state index in [0.29, 0.717) is 6.54 Å². The second-order valence-electron chi connectivity index (χ2n) is 9.11. The van der Waals surface area contributed by atoms with Gasteiger partial charge in [-0.1, -0.05) is 71.2 Å². The van der Waals surface area contributed by atoms with Crippen molar-refractivity contribution >= 4 is 55.1 Å². The molecule has 2 amide bonds. The van der Waals surface area contributed by atoms with Crippen molar-refractivity contribution in [3.63, 3.8) is 0 Å². The molecule has 40 heavy (non-hydrogen) atoms. The van der Waals surface area contributed by atoms with E-state index in [1.54, 1.807) is 37.3 Å². The smallest absolute Gasteiger partial charge is 0.264 e. The summed E-state index contributed by atoms with van der Waals surface area (Å²) in [6.07, 6.45) is 1.71. The van der Waals surface area contributed by atoms with Gasteiger partial charge in [0.25, 0.3) is 10.0 Å². The minimum atomic E-state index is -4.23. The molecule has 3 aromatic carbocycles. The maximum absolute atomic E-state index is 14.0. The molecule has 0 spiro atoms. The van der Waals surface area contributed by atoms with Crippen LogP contribution in [0.2, 0.25) is 5.02 Å². The van der Waals surface area contributed by atoms with E-state index < -0.39 is 28.5 Å². The Morgan fingerprint density at radius 3 is 2.35 bits per heavy atom. The number of hydrogen-bond acceptors (Lipinski definition) is 5. The molecule has 0 heterocycles. The quantitative estimate of drug-likeness (QED) is 0.242. The Kier molecular flexibility index (Phi) is 11.4. The van der Waals surface area contributed by atoms with E-state index in [-0.39, 0.29) is 33.8 Å². The lowest BCUT2D eigenvalue weighted by Crippen LogP contribution is -2.51. The summed E-state index contributed by atoms with van der Waals surface area (Å²) in [5.74, 6) is -0.666. The number of carbonyl (C=O) groups is 2. The van der Waals surface area contributed by atoms with Gasteiger partial charge >= 0.3 is 0 Å². The molecule has 0 aliphatic carbocycles. The second-order valence-corrected chi connectivity index (χ2v) is 12.3. The van der Waals surface area contributed by atoms with Crippen LogP contribution < -0.4 is 14.4 Å². The molecule has 0 saturated heterocycles. The van der Waals surface area contributed by atoms with Crippen LogP contribution in [0.5, 0.6) is 5.75 Å². The fourth-order valence-electron chi connectivity index (χ4n) is 4.00. The number of anilines is 1. The lowest BCUT2D eigenvalue weighted by atomic mass is 10.1. The standard InChI is InChI=1S/C29H33BrClN3O5S/c1-4-5-17-32-29(36)21(2)33(19-22-11-13-23(30)14-12-22)28(35)20-34(26-18-24(31)15-16-27(26)39-3)40(37,38)25-9-7-6-8-10-25/h6-16,18,21H,4-5,17,19-20H2,1-3H3,(H,32,36). The monoisotopic (exact) mass is 649 g/mol. The molecule has 3 aromatic rings. The highest BCUT2D eigenvalue weighted by Gasteiger charge is 2.33. The Balaban J connectivity index is 2.05. The molecule has 0 fully saturated rings. The van der Waals surface area contributed by atoms with Gasteiger partial charge in [-0.15, -0.1) is 0 Å². The van der Waals surface area contributed by atoms with Crippen molar-refractivity contribution in [1.82, 2.24) is 10.2 Å². The van der Waals surface area contributed by atoms with Crippen molar-refractivity contribution in [2.24, 2.45) is 0 Å². The average Bonchev–Trinajstić information content (AvgIpc) is 2.95. The van der Waals surface area contributed by atoms with Gasteiger partial charge in [-0.3, -0.25) is 13.9 Å². The first-order chi connectivity index (χ1) is 19.1. The molecule has 0 aliphatic rings. The highest BCUT2D eigenvalue weighted by molar-refractivity contribution is 9.10. The van der Waals surface area contributed by atoms with E-state index in [1.807, 2.05) is 31.2 Å². The third-order valence-corrected chi connectivity index (χ3v) is 8.82. The molecule has 0 aromatic heterocycles. The number of unbranched alkanes of at least 4 members (excludes halogenated alkanes) is 1. The van der Waals surface area contributed by atoms with Gasteiger partial charge in [0.1, 0.15) is 18.3 Å². The fourth-order valence-corrected chi connectivity index (χ4v) is 5.86. The van der Waals surface area contributed by atoms with Crippen LogP contribution in [0.1, 0.15) is 32.3 Å². The van der Waals surface area contributed by atoms with Crippen molar-refractivity contribution in [3.05, 3.63) is 87.9 Å². The van der Waals surface area contributed by atoms with E-state index in [1.165, 1.54) is 30.2 Å².